The van der Waals surface area contributed by atoms with Crippen molar-refractivity contribution in [1.82, 2.24) is 9.55 Å². The average Bonchev–Trinajstić information content (AvgIpc) is 3.43. The van der Waals surface area contributed by atoms with Crippen LogP contribution in [0.15, 0.2) is 82.2 Å². The predicted molar refractivity (Wildman–Crippen MR) is 119 cm³/mol. The minimum absolute atomic E-state index is 0.466. The van der Waals surface area contributed by atoms with Crippen LogP contribution in [-0.2, 0) is 6.54 Å². The molecule has 148 valence electrons. The van der Waals surface area contributed by atoms with Crippen LogP contribution in [0.25, 0.3) is 22.2 Å². The molecule has 7 heteroatoms. The van der Waals surface area contributed by atoms with Gasteiger partial charge in [0.05, 0.1) is 35.6 Å². The van der Waals surface area contributed by atoms with Crippen molar-refractivity contribution in [3.63, 3.8) is 0 Å². The molecule has 2 aromatic carbocycles. The van der Waals surface area contributed by atoms with E-state index in [1.165, 1.54) is 0 Å². The first kappa shape index (κ1) is 18.5. The molecule has 0 amide bonds. The summed E-state index contributed by atoms with van der Waals surface area (Å²) in [6.45, 7) is 1.05. The van der Waals surface area contributed by atoms with E-state index in [0.717, 1.165) is 39.3 Å². The fraction of sp³-hybridized carbons (Fsp3) is 0.130. The van der Waals surface area contributed by atoms with Crippen LogP contribution < -0.4 is 4.74 Å². The van der Waals surface area contributed by atoms with Crippen LogP contribution in [-0.4, -0.2) is 28.9 Å². The average molecular weight is 416 g/mol. The van der Waals surface area contributed by atoms with Gasteiger partial charge in [-0.15, -0.1) is 5.10 Å². The SMILES string of the molecule is COc1cc2cc(-c3ccccc3)n(Cc3cccc(C4=NN=NC4)n3)c2cc1Cl. The van der Waals surface area contributed by atoms with E-state index in [1.807, 2.05) is 48.5 Å². The van der Waals surface area contributed by atoms with Crippen molar-refractivity contribution in [2.24, 2.45) is 15.4 Å². The Hall–Kier alpha value is -3.51. The van der Waals surface area contributed by atoms with Crippen LogP contribution >= 0.6 is 11.6 Å². The van der Waals surface area contributed by atoms with Gasteiger partial charge in [-0.05, 0) is 41.1 Å². The largest absolute Gasteiger partial charge is 0.495 e. The normalized spacial score (nSPS) is 13.1. The molecular weight excluding hydrogens is 398 g/mol. The van der Waals surface area contributed by atoms with Gasteiger partial charge in [0.25, 0.3) is 0 Å². The minimum atomic E-state index is 0.466. The van der Waals surface area contributed by atoms with E-state index in [2.05, 4.69) is 38.2 Å². The number of ether oxygens (including phenoxy) is 1. The van der Waals surface area contributed by atoms with Crippen LogP contribution in [0.1, 0.15) is 11.4 Å². The van der Waals surface area contributed by atoms with Gasteiger partial charge in [0.1, 0.15) is 18.0 Å². The number of pyridine rings is 1. The second-order valence-electron chi connectivity index (χ2n) is 6.98. The molecule has 0 N–H and O–H groups in total. The first-order valence-electron chi connectivity index (χ1n) is 9.55. The number of nitrogens with zero attached hydrogens (tertiary/aromatic N) is 5. The van der Waals surface area contributed by atoms with Gasteiger partial charge in [-0.1, -0.05) is 48.0 Å². The highest BCUT2D eigenvalue weighted by atomic mass is 35.5. The molecule has 3 heterocycles. The fourth-order valence-electron chi connectivity index (χ4n) is 3.68. The van der Waals surface area contributed by atoms with Gasteiger partial charge in [-0.25, -0.2) is 4.98 Å². The maximum absolute atomic E-state index is 6.45. The first-order chi connectivity index (χ1) is 14.7. The van der Waals surface area contributed by atoms with Gasteiger partial charge in [-0.2, -0.15) is 5.11 Å². The molecule has 0 fully saturated rings. The highest BCUT2D eigenvalue weighted by molar-refractivity contribution is 6.32. The highest BCUT2D eigenvalue weighted by Gasteiger charge is 2.16. The van der Waals surface area contributed by atoms with E-state index in [4.69, 9.17) is 21.3 Å². The number of halogens is 1. The Labute approximate surface area is 178 Å². The third-order valence-electron chi connectivity index (χ3n) is 5.12. The van der Waals surface area contributed by atoms with E-state index >= 15 is 0 Å². The van der Waals surface area contributed by atoms with Crippen LogP contribution in [0.3, 0.4) is 0 Å². The second kappa shape index (κ2) is 7.72. The standard InChI is InChI=1S/C23H18ClN5O/c1-30-23-11-16-10-21(15-6-3-2-4-7-15)29(22(16)12-18(23)24)14-17-8-5-9-19(26-17)20-13-25-28-27-20/h2-12H,13-14H2,1H3. The predicted octanol–water partition coefficient (Wildman–Crippen LogP) is 5.58. The first-order valence-corrected chi connectivity index (χ1v) is 9.92. The molecule has 30 heavy (non-hydrogen) atoms. The lowest BCUT2D eigenvalue weighted by atomic mass is 10.1. The summed E-state index contributed by atoms with van der Waals surface area (Å²) in [6, 6.07) is 22.3. The third kappa shape index (κ3) is 3.35. The van der Waals surface area contributed by atoms with Crippen molar-refractivity contribution < 1.29 is 4.74 Å². The van der Waals surface area contributed by atoms with Crippen molar-refractivity contribution in [1.29, 1.82) is 0 Å². The zero-order chi connectivity index (χ0) is 20.5. The minimum Gasteiger partial charge on any atom is -0.495 e. The molecular formula is C23H18ClN5O. The molecule has 0 radical (unpaired) electrons. The van der Waals surface area contributed by atoms with Gasteiger partial charge in [0, 0.05) is 11.1 Å². The second-order valence-corrected chi connectivity index (χ2v) is 7.38. The Morgan fingerprint density at radius 1 is 1.03 bits per heavy atom. The van der Waals surface area contributed by atoms with E-state index in [1.54, 1.807) is 7.11 Å². The summed E-state index contributed by atoms with van der Waals surface area (Å²) < 4.78 is 7.64. The summed E-state index contributed by atoms with van der Waals surface area (Å²) in [5.74, 6) is 0.660. The molecule has 2 aromatic heterocycles. The number of methoxy groups -OCH3 is 1. The zero-order valence-corrected chi connectivity index (χ0v) is 17.0. The lowest BCUT2D eigenvalue weighted by molar-refractivity contribution is 0.415. The van der Waals surface area contributed by atoms with Crippen LogP contribution in [0.5, 0.6) is 5.75 Å². The third-order valence-corrected chi connectivity index (χ3v) is 5.41. The van der Waals surface area contributed by atoms with Crippen molar-refractivity contribution in [3.8, 4) is 17.0 Å². The molecule has 5 rings (SSSR count). The van der Waals surface area contributed by atoms with Gasteiger partial charge in [0.2, 0.25) is 0 Å². The number of benzene rings is 2. The summed E-state index contributed by atoms with van der Waals surface area (Å²) in [5.41, 5.74) is 5.74. The molecule has 0 spiro atoms. The molecule has 1 aliphatic heterocycles. The van der Waals surface area contributed by atoms with Crippen LogP contribution in [0.4, 0.5) is 0 Å². The summed E-state index contributed by atoms with van der Waals surface area (Å²) in [4.78, 5) is 4.80. The Morgan fingerprint density at radius 2 is 1.90 bits per heavy atom. The Bertz CT molecular complexity index is 1290. The number of rotatable bonds is 5. The molecule has 6 nitrogen and oxygen atoms in total. The highest BCUT2D eigenvalue weighted by Crippen LogP contribution is 2.35. The summed E-state index contributed by atoms with van der Waals surface area (Å²) in [6.07, 6.45) is 0. The lowest BCUT2D eigenvalue weighted by Gasteiger charge is -2.12. The van der Waals surface area contributed by atoms with Crippen molar-refractivity contribution in [2.45, 2.75) is 6.54 Å². The molecule has 0 aliphatic carbocycles. The topological polar surface area (TPSA) is 64.1 Å². The molecule has 0 bridgehead atoms. The Morgan fingerprint density at radius 3 is 2.67 bits per heavy atom. The summed E-state index contributed by atoms with van der Waals surface area (Å²) in [5, 5.41) is 13.3. The number of hydrogen-bond donors (Lipinski definition) is 0. The molecule has 0 atom stereocenters. The van der Waals surface area contributed by atoms with Gasteiger partial charge in [-0.3, -0.25) is 0 Å². The molecule has 1 aliphatic rings. The lowest BCUT2D eigenvalue weighted by Crippen LogP contribution is -2.09. The van der Waals surface area contributed by atoms with Crippen molar-refractivity contribution in [2.75, 3.05) is 13.7 Å². The van der Waals surface area contributed by atoms with Crippen LogP contribution in [0.2, 0.25) is 5.02 Å². The molecule has 4 aromatic rings. The quantitative estimate of drug-likeness (QED) is 0.427. The van der Waals surface area contributed by atoms with Crippen LogP contribution in [0, 0.1) is 0 Å². The van der Waals surface area contributed by atoms with E-state index in [9.17, 15) is 0 Å². The number of hydrogen-bond acceptors (Lipinski definition) is 5. The van der Waals surface area contributed by atoms with Gasteiger partial charge >= 0.3 is 0 Å². The van der Waals surface area contributed by atoms with E-state index in [0.29, 0.717) is 23.9 Å². The maximum atomic E-state index is 6.45. The summed E-state index contributed by atoms with van der Waals surface area (Å²) >= 11 is 6.45. The number of fused-ring (bicyclic) bond motifs is 1. The number of aromatic nitrogens is 2. The van der Waals surface area contributed by atoms with E-state index in [-0.39, 0.29) is 0 Å². The molecule has 0 unspecified atom stereocenters. The van der Waals surface area contributed by atoms with Gasteiger partial charge in [0.15, 0.2) is 0 Å². The Balaban J connectivity index is 1.64. The van der Waals surface area contributed by atoms with E-state index < -0.39 is 0 Å². The smallest absolute Gasteiger partial charge is 0.138 e. The molecule has 0 saturated carbocycles. The Kier molecular flexibility index (Phi) is 4.77. The zero-order valence-electron chi connectivity index (χ0n) is 16.3. The molecule has 0 saturated heterocycles. The summed E-state index contributed by atoms with van der Waals surface area (Å²) in [7, 11) is 1.63. The fourth-order valence-corrected chi connectivity index (χ4v) is 3.91. The monoisotopic (exact) mass is 415 g/mol. The maximum Gasteiger partial charge on any atom is 0.138 e. The van der Waals surface area contributed by atoms with Crippen molar-refractivity contribution >= 4 is 28.2 Å². The van der Waals surface area contributed by atoms with Crippen molar-refractivity contribution in [3.05, 3.63) is 83.1 Å². The van der Waals surface area contributed by atoms with Gasteiger partial charge < -0.3 is 9.30 Å².